The van der Waals surface area contributed by atoms with Gasteiger partial charge >= 0.3 is 12.1 Å². The molecule has 1 aromatic heterocycles. The summed E-state index contributed by atoms with van der Waals surface area (Å²) < 4.78 is 47.3. The highest BCUT2D eigenvalue weighted by atomic mass is 35.5. The van der Waals surface area contributed by atoms with Gasteiger partial charge in [0.15, 0.2) is 0 Å². The monoisotopic (exact) mass is 627 g/mol. The molecule has 0 aliphatic rings. The van der Waals surface area contributed by atoms with Crippen LogP contribution < -0.4 is 10.1 Å². The zero-order chi connectivity index (χ0) is 30.7. The smallest absolute Gasteiger partial charge is 0.416 e. The fourth-order valence-corrected chi connectivity index (χ4v) is 4.75. The van der Waals surface area contributed by atoms with E-state index in [4.69, 9.17) is 38.0 Å². The van der Waals surface area contributed by atoms with Crippen molar-refractivity contribution in [2.24, 2.45) is 0 Å². The van der Waals surface area contributed by atoms with E-state index < -0.39 is 23.6 Å². The number of aromatic nitrogens is 2. The van der Waals surface area contributed by atoms with Gasteiger partial charge in [-0.3, -0.25) is 9.59 Å². The van der Waals surface area contributed by atoms with Crippen LogP contribution in [0.5, 0.6) is 11.5 Å². The largest absolute Gasteiger partial charge is 0.481 e. The molecular weight excluding hydrogens is 606 g/mol. The van der Waals surface area contributed by atoms with E-state index in [1.165, 1.54) is 12.1 Å². The third-order valence-corrected chi connectivity index (χ3v) is 7.19. The number of imidazole rings is 1. The number of nitrogens with one attached hydrogen (secondary N) is 1. The van der Waals surface area contributed by atoms with E-state index in [0.29, 0.717) is 50.3 Å². The molecule has 4 aromatic carbocycles. The number of alkyl halides is 3. The van der Waals surface area contributed by atoms with Crippen LogP contribution in [-0.4, -0.2) is 33.1 Å². The summed E-state index contributed by atoms with van der Waals surface area (Å²) in [5.74, 6) is -0.654. The molecule has 0 fully saturated rings. The Morgan fingerprint density at radius 1 is 0.907 bits per heavy atom. The summed E-state index contributed by atoms with van der Waals surface area (Å²) in [5, 5.41) is 12.2. The maximum absolute atomic E-state index is 13.2. The number of carbonyl (C=O) groups excluding carboxylic acids is 1. The lowest BCUT2D eigenvalue weighted by Gasteiger charge is -2.13. The normalized spacial score (nSPS) is 11.5. The second kappa shape index (κ2) is 12.4. The van der Waals surface area contributed by atoms with Gasteiger partial charge in [0.25, 0.3) is 5.91 Å². The third-order valence-electron chi connectivity index (χ3n) is 6.45. The van der Waals surface area contributed by atoms with E-state index in [0.717, 1.165) is 17.7 Å². The van der Waals surface area contributed by atoms with Crippen molar-refractivity contribution in [1.82, 2.24) is 14.9 Å². The lowest BCUT2D eigenvalue weighted by Crippen LogP contribution is -2.25. The summed E-state index contributed by atoms with van der Waals surface area (Å²) in [6.07, 6.45) is -4.72. The lowest BCUT2D eigenvalue weighted by molar-refractivity contribution is -0.138. The second-order valence-electron chi connectivity index (χ2n) is 9.53. The Morgan fingerprint density at radius 2 is 1.65 bits per heavy atom. The molecule has 5 rings (SSSR count). The molecule has 220 valence electrons. The number of hydrogen-bond acceptors (Lipinski definition) is 4. The fourth-order valence-electron chi connectivity index (χ4n) is 4.43. The summed E-state index contributed by atoms with van der Waals surface area (Å²) in [5.41, 5.74) is 2.07. The first-order valence-corrected chi connectivity index (χ1v) is 13.6. The Labute approximate surface area is 253 Å². The first kappa shape index (κ1) is 29.9. The van der Waals surface area contributed by atoms with E-state index >= 15 is 0 Å². The minimum absolute atomic E-state index is 0.0230. The van der Waals surface area contributed by atoms with Gasteiger partial charge in [0.2, 0.25) is 0 Å². The molecule has 12 heteroatoms. The van der Waals surface area contributed by atoms with Crippen LogP contribution in [0.25, 0.3) is 22.4 Å². The molecule has 0 aliphatic carbocycles. The van der Waals surface area contributed by atoms with Gasteiger partial charge in [-0.2, -0.15) is 13.2 Å². The van der Waals surface area contributed by atoms with Crippen molar-refractivity contribution in [3.8, 4) is 22.9 Å². The Bertz CT molecular complexity index is 1840. The number of benzene rings is 4. The van der Waals surface area contributed by atoms with Crippen LogP contribution in [-0.2, 0) is 17.5 Å². The Morgan fingerprint density at radius 3 is 2.37 bits per heavy atom. The SMILES string of the molecule is O=C(O)CCNC(=O)c1ccc2c(c1)nc(-c1cccc(Oc3cccc(C(F)(F)F)c3)c1)n2Cc1ccc(Cl)c(Cl)c1. The maximum Gasteiger partial charge on any atom is 0.416 e. The van der Waals surface area contributed by atoms with Crippen molar-refractivity contribution in [3.05, 3.63) is 112 Å². The first-order valence-electron chi connectivity index (χ1n) is 12.9. The molecule has 1 heterocycles. The molecular formula is C31H22Cl2F3N3O4. The number of hydrogen-bond donors (Lipinski definition) is 2. The van der Waals surface area contributed by atoms with Gasteiger partial charge in [-0.25, -0.2) is 4.98 Å². The molecule has 0 radical (unpaired) electrons. The number of nitrogens with zero attached hydrogens (tertiary/aromatic N) is 2. The van der Waals surface area contributed by atoms with E-state index in [1.807, 2.05) is 10.6 Å². The number of amides is 1. The predicted octanol–water partition coefficient (Wildman–Crippen LogP) is 8.07. The minimum atomic E-state index is -4.51. The van der Waals surface area contributed by atoms with Gasteiger partial charge in [0, 0.05) is 24.2 Å². The number of carbonyl (C=O) groups is 2. The quantitative estimate of drug-likeness (QED) is 0.172. The highest BCUT2D eigenvalue weighted by molar-refractivity contribution is 6.42. The minimum Gasteiger partial charge on any atom is -0.481 e. The summed E-state index contributed by atoms with van der Waals surface area (Å²) in [7, 11) is 0. The van der Waals surface area contributed by atoms with Crippen LogP contribution in [0.3, 0.4) is 0 Å². The number of ether oxygens (including phenoxy) is 1. The van der Waals surface area contributed by atoms with Gasteiger partial charge < -0.3 is 19.7 Å². The summed E-state index contributed by atoms with van der Waals surface area (Å²) >= 11 is 12.4. The molecule has 5 aromatic rings. The molecule has 0 atom stereocenters. The molecule has 0 aliphatic heterocycles. The van der Waals surface area contributed by atoms with Crippen molar-refractivity contribution < 1.29 is 32.6 Å². The van der Waals surface area contributed by atoms with Crippen LogP contribution in [0.2, 0.25) is 10.0 Å². The van der Waals surface area contributed by atoms with Crippen LogP contribution in [0.4, 0.5) is 13.2 Å². The van der Waals surface area contributed by atoms with Gasteiger partial charge in [0.05, 0.1) is 33.1 Å². The molecule has 1 amide bonds. The van der Waals surface area contributed by atoms with Crippen molar-refractivity contribution in [1.29, 1.82) is 0 Å². The average Bonchev–Trinajstić information content (AvgIpc) is 3.32. The second-order valence-corrected chi connectivity index (χ2v) is 10.3. The number of aliphatic carboxylic acids is 1. The summed E-state index contributed by atoms with van der Waals surface area (Å²) in [6, 6.07) is 21.5. The predicted molar refractivity (Wildman–Crippen MR) is 157 cm³/mol. The molecule has 0 unspecified atom stereocenters. The fraction of sp³-hybridized carbons (Fsp3) is 0.129. The van der Waals surface area contributed by atoms with Crippen molar-refractivity contribution in [2.75, 3.05) is 6.54 Å². The molecule has 7 nitrogen and oxygen atoms in total. The zero-order valence-electron chi connectivity index (χ0n) is 22.2. The maximum atomic E-state index is 13.2. The Kier molecular flexibility index (Phi) is 8.61. The summed E-state index contributed by atoms with van der Waals surface area (Å²) in [6.45, 7) is 0.299. The molecule has 0 spiro atoms. The van der Waals surface area contributed by atoms with Crippen molar-refractivity contribution in [2.45, 2.75) is 19.1 Å². The van der Waals surface area contributed by atoms with Crippen LogP contribution in [0.15, 0.2) is 84.9 Å². The van der Waals surface area contributed by atoms with Gasteiger partial charge in [-0.1, -0.05) is 47.5 Å². The van der Waals surface area contributed by atoms with Crippen LogP contribution >= 0.6 is 23.2 Å². The lowest BCUT2D eigenvalue weighted by atomic mass is 10.1. The van der Waals surface area contributed by atoms with Crippen molar-refractivity contribution in [3.63, 3.8) is 0 Å². The van der Waals surface area contributed by atoms with Gasteiger partial charge in [-0.05, 0) is 66.2 Å². The first-order chi connectivity index (χ1) is 20.5. The number of halogens is 5. The van der Waals surface area contributed by atoms with E-state index in [2.05, 4.69) is 5.32 Å². The standard InChI is InChI=1S/C31H22Cl2F3N3O4/c32-24-9-7-18(13-25(24)33)17-39-27-10-8-20(30(42)37-12-11-28(40)41)15-26(27)38-29(39)19-3-1-5-22(14-19)43-23-6-2-4-21(16-23)31(34,35)36/h1-10,13-16H,11-12,17H2,(H,37,42)(H,40,41). The van der Waals surface area contributed by atoms with E-state index in [1.54, 1.807) is 54.6 Å². The van der Waals surface area contributed by atoms with Gasteiger partial charge in [-0.15, -0.1) is 0 Å². The molecule has 0 saturated heterocycles. The summed E-state index contributed by atoms with van der Waals surface area (Å²) in [4.78, 5) is 28.2. The highest BCUT2D eigenvalue weighted by Crippen LogP contribution is 2.34. The Balaban J connectivity index is 1.53. The topological polar surface area (TPSA) is 93.5 Å². The molecule has 0 saturated carbocycles. The molecule has 0 bridgehead atoms. The number of carboxylic acids is 1. The van der Waals surface area contributed by atoms with E-state index in [-0.39, 0.29) is 18.7 Å². The van der Waals surface area contributed by atoms with Gasteiger partial charge in [0.1, 0.15) is 17.3 Å². The number of fused-ring (bicyclic) bond motifs is 1. The van der Waals surface area contributed by atoms with Crippen LogP contribution in [0.1, 0.15) is 27.9 Å². The van der Waals surface area contributed by atoms with E-state index in [9.17, 15) is 22.8 Å². The number of rotatable bonds is 9. The van der Waals surface area contributed by atoms with Crippen LogP contribution in [0, 0.1) is 0 Å². The molecule has 43 heavy (non-hydrogen) atoms. The zero-order valence-corrected chi connectivity index (χ0v) is 23.7. The number of carboxylic acid groups (broad SMARTS) is 1. The average molecular weight is 628 g/mol. The third kappa shape index (κ3) is 7.10. The van der Waals surface area contributed by atoms with Crippen molar-refractivity contribution >= 4 is 46.1 Å². The Hall–Kier alpha value is -4.54. The highest BCUT2D eigenvalue weighted by Gasteiger charge is 2.30. The molecule has 2 N–H and O–H groups in total.